The average molecular weight is 261 g/mol. The molecule has 0 saturated carbocycles. The topological polar surface area (TPSA) is 58.6 Å². The maximum absolute atomic E-state index is 12.8. The molecule has 2 N–H and O–H groups in total. The number of rotatable bonds is 3. The highest BCUT2D eigenvalue weighted by molar-refractivity contribution is 5.84. The van der Waals surface area contributed by atoms with E-state index in [2.05, 4.69) is 5.32 Å². The second-order valence-electron chi connectivity index (χ2n) is 3.85. The summed E-state index contributed by atoms with van der Waals surface area (Å²) in [6.45, 7) is 0.139. The number of hydrogen-bond acceptors (Lipinski definition) is 3. The molecule has 0 saturated heterocycles. The van der Waals surface area contributed by atoms with Gasteiger partial charge in [0, 0.05) is 11.8 Å². The van der Waals surface area contributed by atoms with Gasteiger partial charge in [-0.3, -0.25) is 5.32 Å². The van der Waals surface area contributed by atoms with E-state index in [0.29, 0.717) is 0 Å². The molecular weight excluding hydrogens is 249 g/mol. The summed E-state index contributed by atoms with van der Waals surface area (Å²) in [7, 11) is 0. The highest BCUT2D eigenvalue weighted by atomic mass is 19.1. The molecule has 19 heavy (non-hydrogen) atoms. The van der Waals surface area contributed by atoms with E-state index >= 15 is 0 Å². The zero-order valence-corrected chi connectivity index (χ0v) is 9.97. The van der Waals surface area contributed by atoms with Crippen molar-refractivity contribution in [3.63, 3.8) is 0 Å². The predicted molar refractivity (Wildman–Crippen MR) is 68.3 cm³/mol. The van der Waals surface area contributed by atoms with Gasteiger partial charge in [0.25, 0.3) is 0 Å². The van der Waals surface area contributed by atoms with E-state index in [1.165, 1.54) is 6.07 Å². The Morgan fingerprint density at radius 2 is 1.95 bits per heavy atom. The Morgan fingerprint density at radius 3 is 2.63 bits per heavy atom. The number of hydrogen-bond donors (Lipinski definition) is 2. The van der Waals surface area contributed by atoms with Crippen LogP contribution in [-0.4, -0.2) is 11.2 Å². The lowest BCUT2D eigenvalue weighted by Crippen LogP contribution is -2.13. The van der Waals surface area contributed by atoms with Crippen LogP contribution in [0.3, 0.4) is 0 Å². The molecule has 2 rings (SSSR count). The van der Waals surface area contributed by atoms with Gasteiger partial charge in [-0.15, -0.1) is 0 Å². The zero-order valence-electron chi connectivity index (χ0n) is 9.97. The lowest BCUT2D eigenvalue weighted by molar-refractivity contribution is 0.155. The maximum Gasteiger partial charge on any atom is 0.411 e. The van der Waals surface area contributed by atoms with Crippen molar-refractivity contribution in [2.75, 3.05) is 5.32 Å². The molecule has 0 aliphatic heterocycles. The number of anilines is 1. The van der Waals surface area contributed by atoms with Crippen molar-refractivity contribution < 1.29 is 19.0 Å². The highest BCUT2D eigenvalue weighted by Crippen LogP contribution is 2.20. The van der Waals surface area contributed by atoms with Crippen LogP contribution in [0, 0.1) is 5.82 Å². The minimum atomic E-state index is -0.747. The fraction of sp³-hybridized carbons (Fsp3) is 0.0714. The summed E-state index contributed by atoms with van der Waals surface area (Å²) in [5, 5.41) is 11.5. The van der Waals surface area contributed by atoms with E-state index in [9.17, 15) is 9.18 Å². The van der Waals surface area contributed by atoms with Gasteiger partial charge in [0.15, 0.2) is 11.6 Å². The number of phenolic OH excluding ortho intramolecular Hbond substituents is 1. The van der Waals surface area contributed by atoms with Gasteiger partial charge in [-0.05, 0) is 17.7 Å². The van der Waals surface area contributed by atoms with E-state index in [1.54, 1.807) is 0 Å². The van der Waals surface area contributed by atoms with Crippen LogP contribution in [0.5, 0.6) is 5.75 Å². The maximum atomic E-state index is 12.8. The summed E-state index contributed by atoms with van der Waals surface area (Å²) in [6.07, 6.45) is -0.671. The van der Waals surface area contributed by atoms with Crippen molar-refractivity contribution >= 4 is 11.8 Å². The number of ether oxygens (including phenoxy) is 1. The monoisotopic (exact) mass is 261 g/mol. The van der Waals surface area contributed by atoms with Gasteiger partial charge in [0.1, 0.15) is 6.61 Å². The molecule has 0 bridgehead atoms. The smallest absolute Gasteiger partial charge is 0.411 e. The van der Waals surface area contributed by atoms with Crippen molar-refractivity contribution in [3.8, 4) is 5.75 Å². The van der Waals surface area contributed by atoms with Crippen LogP contribution in [0.25, 0.3) is 0 Å². The van der Waals surface area contributed by atoms with E-state index in [-0.39, 0.29) is 12.3 Å². The Morgan fingerprint density at radius 1 is 1.21 bits per heavy atom. The molecular formula is C14H12FNO3. The quantitative estimate of drug-likeness (QED) is 0.891. The molecule has 0 unspecified atom stereocenters. The third-order valence-electron chi connectivity index (χ3n) is 2.41. The largest absolute Gasteiger partial charge is 0.505 e. The van der Waals surface area contributed by atoms with E-state index in [1.807, 2.05) is 30.3 Å². The second kappa shape index (κ2) is 5.86. The van der Waals surface area contributed by atoms with Gasteiger partial charge in [0.2, 0.25) is 0 Å². The minimum Gasteiger partial charge on any atom is -0.505 e. The summed E-state index contributed by atoms with van der Waals surface area (Å²) < 4.78 is 17.8. The van der Waals surface area contributed by atoms with Crippen molar-refractivity contribution in [3.05, 3.63) is 59.9 Å². The Bertz CT molecular complexity index is 572. The molecule has 98 valence electrons. The van der Waals surface area contributed by atoms with E-state index < -0.39 is 17.7 Å². The Balaban J connectivity index is 1.89. The number of benzene rings is 2. The van der Waals surface area contributed by atoms with Gasteiger partial charge in [-0.2, -0.15) is 0 Å². The lowest BCUT2D eigenvalue weighted by atomic mass is 10.2. The molecule has 0 fully saturated rings. The molecule has 0 aromatic heterocycles. The van der Waals surface area contributed by atoms with Crippen LogP contribution in [0.1, 0.15) is 5.56 Å². The summed E-state index contributed by atoms with van der Waals surface area (Å²) in [6, 6.07) is 12.7. The third-order valence-corrected chi connectivity index (χ3v) is 2.41. The Kier molecular flexibility index (Phi) is 3.97. The summed E-state index contributed by atoms with van der Waals surface area (Å²) >= 11 is 0. The molecule has 1 amide bonds. The fourth-order valence-electron chi connectivity index (χ4n) is 1.47. The van der Waals surface area contributed by atoms with E-state index in [4.69, 9.17) is 9.84 Å². The first-order valence-corrected chi connectivity index (χ1v) is 5.61. The first kappa shape index (κ1) is 12.9. The first-order valence-electron chi connectivity index (χ1n) is 5.61. The van der Waals surface area contributed by atoms with Gasteiger partial charge in [-0.25, -0.2) is 9.18 Å². The molecule has 2 aromatic rings. The lowest BCUT2D eigenvalue weighted by Gasteiger charge is -2.07. The van der Waals surface area contributed by atoms with Crippen LogP contribution in [0.4, 0.5) is 14.9 Å². The average Bonchev–Trinajstić information content (AvgIpc) is 2.42. The highest BCUT2D eigenvalue weighted by Gasteiger charge is 2.06. The van der Waals surface area contributed by atoms with Gasteiger partial charge < -0.3 is 9.84 Å². The molecule has 0 spiro atoms. The molecule has 5 heteroatoms. The number of phenols is 1. The minimum absolute atomic E-state index is 0.139. The van der Waals surface area contributed by atoms with Gasteiger partial charge in [0.05, 0.1) is 0 Å². The summed E-state index contributed by atoms with van der Waals surface area (Å²) in [4.78, 5) is 11.5. The van der Waals surface area contributed by atoms with E-state index in [0.717, 1.165) is 17.7 Å². The standard InChI is InChI=1S/C14H12FNO3/c15-12-7-6-11(8-13(12)17)16-14(18)19-9-10-4-2-1-3-5-10/h1-8,17H,9H2,(H,16,18). The van der Waals surface area contributed by atoms with Crippen LogP contribution in [0.2, 0.25) is 0 Å². The van der Waals surface area contributed by atoms with Crippen LogP contribution in [-0.2, 0) is 11.3 Å². The van der Waals surface area contributed by atoms with Crippen molar-refractivity contribution in [1.29, 1.82) is 0 Å². The normalized spacial score (nSPS) is 9.95. The van der Waals surface area contributed by atoms with Crippen LogP contribution in [0.15, 0.2) is 48.5 Å². The van der Waals surface area contributed by atoms with Crippen molar-refractivity contribution in [2.45, 2.75) is 6.61 Å². The number of carbonyl (C=O) groups excluding carboxylic acids is 1. The van der Waals surface area contributed by atoms with Gasteiger partial charge in [-0.1, -0.05) is 30.3 Å². The molecule has 0 atom stereocenters. The molecule has 4 nitrogen and oxygen atoms in total. The molecule has 0 aliphatic rings. The van der Waals surface area contributed by atoms with Crippen molar-refractivity contribution in [2.24, 2.45) is 0 Å². The Labute approximate surface area is 109 Å². The van der Waals surface area contributed by atoms with Crippen LogP contribution >= 0.6 is 0 Å². The predicted octanol–water partition coefficient (Wildman–Crippen LogP) is 3.28. The van der Waals surface area contributed by atoms with Crippen LogP contribution < -0.4 is 5.32 Å². The number of aromatic hydroxyl groups is 1. The second-order valence-corrected chi connectivity index (χ2v) is 3.85. The molecule has 0 aliphatic carbocycles. The number of halogens is 1. The molecule has 2 aromatic carbocycles. The summed E-state index contributed by atoms with van der Waals surface area (Å²) in [5.41, 5.74) is 1.12. The first-order chi connectivity index (χ1) is 9.15. The fourth-order valence-corrected chi connectivity index (χ4v) is 1.47. The Hall–Kier alpha value is -2.56. The van der Waals surface area contributed by atoms with Gasteiger partial charge >= 0.3 is 6.09 Å². The SMILES string of the molecule is O=C(Nc1ccc(F)c(O)c1)OCc1ccccc1. The summed E-state index contributed by atoms with van der Waals surface area (Å²) in [5.74, 6) is -1.27. The zero-order chi connectivity index (χ0) is 13.7. The number of nitrogens with one attached hydrogen (secondary N) is 1. The molecule has 0 radical (unpaired) electrons. The molecule has 0 heterocycles. The van der Waals surface area contributed by atoms with Crippen molar-refractivity contribution in [1.82, 2.24) is 0 Å². The number of amides is 1. The third kappa shape index (κ3) is 3.70. The number of carbonyl (C=O) groups is 1.